The third-order valence-corrected chi connectivity index (χ3v) is 2.27. The minimum absolute atomic E-state index is 0.0221. The van der Waals surface area contributed by atoms with Crippen molar-refractivity contribution >= 4 is 11.5 Å². The minimum atomic E-state index is -0.0221. The summed E-state index contributed by atoms with van der Waals surface area (Å²) in [5.41, 5.74) is 1.72. The van der Waals surface area contributed by atoms with Crippen molar-refractivity contribution in [3.63, 3.8) is 0 Å². The minimum Gasteiger partial charge on any atom is -0.364 e. The largest absolute Gasteiger partial charge is 0.364 e. The van der Waals surface area contributed by atoms with E-state index in [-0.39, 0.29) is 5.54 Å². The van der Waals surface area contributed by atoms with Gasteiger partial charge < -0.3 is 5.32 Å². The van der Waals surface area contributed by atoms with E-state index in [4.69, 9.17) is 0 Å². The van der Waals surface area contributed by atoms with E-state index in [0.29, 0.717) is 0 Å². The molecule has 1 N–H and O–H groups in total. The van der Waals surface area contributed by atoms with Crippen LogP contribution in [0.3, 0.4) is 0 Å². The van der Waals surface area contributed by atoms with Gasteiger partial charge in [-0.05, 0) is 32.9 Å². The SMILES string of the molecule is CC(C)(C)NC1=NCCN=C1c1ccccn1. The Labute approximate surface area is 102 Å². The summed E-state index contributed by atoms with van der Waals surface area (Å²) in [6, 6.07) is 5.83. The third-order valence-electron chi connectivity index (χ3n) is 2.27. The van der Waals surface area contributed by atoms with Gasteiger partial charge in [-0.2, -0.15) is 0 Å². The molecule has 1 aliphatic heterocycles. The maximum Gasteiger partial charge on any atom is 0.149 e. The van der Waals surface area contributed by atoms with E-state index < -0.39 is 0 Å². The number of hydrogen-bond acceptors (Lipinski definition) is 4. The summed E-state index contributed by atoms with van der Waals surface area (Å²) < 4.78 is 0. The number of amidine groups is 1. The molecule has 0 saturated carbocycles. The molecule has 0 radical (unpaired) electrons. The zero-order valence-corrected chi connectivity index (χ0v) is 10.6. The Kier molecular flexibility index (Phi) is 3.22. The lowest BCUT2D eigenvalue weighted by molar-refractivity contribution is 0.512. The number of aliphatic imine (C=N–C) groups is 2. The maximum absolute atomic E-state index is 4.53. The van der Waals surface area contributed by atoms with Crippen LogP contribution in [-0.2, 0) is 0 Å². The van der Waals surface area contributed by atoms with E-state index >= 15 is 0 Å². The van der Waals surface area contributed by atoms with Crippen LogP contribution in [0.2, 0.25) is 0 Å². The molecule has 1 aliphatic rings. The Bertz CT molecular complexity index is 440. The van der Waals surface area contributed by atoms with Crippen LogP contribution in [-0.4, -0.2) is 35.2 Å². The van der Waals surface area contributed by atoms with E-state index in [0.717, 1.165) is 30.3 Å². The quantitative estimate of drug-likeness (QED) is 0.798. The summed E-state index contributed by atoms with van der Waals surface area (Å²) in [6.07, 6.45) is 1.78. The van der Waals surface area contributed by atoms with Gasteiger partial charge in [-0.25, -0.2) is 0 Å². The molecule has 0 aromatic carbocycles. The van der Waals surface area contributed by atoms with Crippen molar-refractivity contribution in [2.24, 2.45) is 9.98 Å². The van der Waals surface area contributed by atoms with E-state index in [9.17, 15) is 0 Å². The molecule has 90 valence electrons. The third kappa shape index (κ3) is 3.12. The van der Waals surface area contributed by atoms with E-state index in [1.807, 2.05) is 18.2 Å². The first-order valence-corrected chi connectivity index (χ1v) is 5.85. The van der Waals surface area contributed by atoms with E-state index in [2.05, 4.69) is 41.1 Å². The number of nitrogens with zero attached hydrogens (tertiary/aromatic N) is 3. The van der Waals surface area contributed by atoms with Gasteiger partial charge in [-0.15, -0.1) is 0 Å². The normalized spacial score (nSPS) is 16.2. The van der Waals surface area contributed by atoms with Crippen LogP contribution in [0, 0.1) is 0 Å². The second-order valence-corrected chi connectivity index (χ2v) is 5.05. The Balaban J connectivity index is 2.27. The average Bonchev–Trinajstić information content (AvgIpc) is 2.29. The lowest BCUT2D eigenvalue weighted by atomic mass is 10.1. The van der Waals surface area contributed by atoms with Crippen LogP contribution in [0.1, 0.15) is 26.5 Å². The molecule has 17 heavy (non-hydrogen) atoms. The number of nitrogens with one attached hydrogen (secondary N) is 1. The molecular formula is C13H18N4. The number of pyridine rings is 1. The molecule has 0 bridgehead atoms. The van der Waals surface area contributed by atoms with Gasteiger partial charge >= 0.3 is 0 Å². The van der Waals surface area contributed by atoms with Gasteiger partial charge in [-0.3, -0.25) is 15.0 Å². The molecule has 0 amide bonds. The Hall–Kier alpha value is -1.71. The molecule has 2 rings (SSSR count). The van der Waals surface area contributed by atoms with Crippen molar-refractivity contribution in [3.05, 3.63) is 30.1 Å². The Morgan fingerprint density at radius 3 is 2.53 bits per heavy atom. The number of rotatable bonds is 1. The topological polar surface area (TPSA) is 49.6 Å². The monoisotopic (exact) mass is 230 g/mol. The fourth-order valence-corrected chi connectivity index (χ4v) is 1.63. The van der Waals surface area contributed by atoms with Crippen molar-refractivity contribution in [3.8, 4) is 0 Å². The molecule has 0 spiro atoms. The van der Waals surface area contributed by atoms with Crippen LogP contribution in [0.5, 0.6) is 0 Å². The first-order chi connectivity index (χ1) is 8.06. The molecule has 4 heteroatoms. The molecular weight excluding hydrogens is 212 g/mol. The van der Waals surface area contributed by atoms with Gasteiger partial charge in [-0.1, -0.05) is 6.07 Å². The smallest absolute Gasteiger partial charge is 0.149 e. The lowest BCUT2D eigenvalue weighted by Gasteiger charge is -2.25. The van der Waals surface area contributed by atoms with Gasteiger partial charge in [0.1, 0.15) is 11.5 Å². The van der Waals surface area contributed by atoms with Crippen LogP contribution < -0.4 is 5.32 Å². The first-order valence-electron chi connectivity index (χ1n) is 5.85. The highest BCUT2D eigenvalue weighted by molar-refractivity contribution is 6.47. The lowest BCUT2D eigenvalue weighted by Crippen LogP contribution is -2.46. The predicted molar refractivity (Wildman–Crippen MR) is 70.8 cm³/mol. The molecule has 4 nitrogen and oxygen atoms in total. The van der Waals surface area contributed by atoms with Gasteiger partial charge in [0, 0.05) is 11.7 Å². The summed E-state index contributed by atoms with van der Waals surface area (Å²) in [4.78, 5) is 13.4. The standard InChI is InChI=1S/C13H18N4/c1-13(2,3)17-12-11(15-8-9-16-12)10-6-4-5-7-14-10/h4-7H,8-9H2,1-3H3,(H,16,17). The fourth-order valence-electron chi connectivity index (χ4n) is 1.63. The summed E-state index contributed by atoms with van der Waals surface area (Å²) >= 11 is 0. The number of hydrogen-bond donors (Lipinski definition) is 1. The van der Waals surface area contributed by atoms with Crippen molar-refractivity contribution in [1.29, 1.82) is 0 Å². The highest BCUT2D eigenvalue weighted by Gasteiger charge is 2.20. The van der Waals surface area contributed by atoms with Crippen molar-refractivity contribution in [1.82, 2.24) is 10.3 Å². The Morgan fingerprint density at radius 2 is 1.88 bits per heavy atom. The van der Waals surface area contributed by atoms with Crippen LogP contribution in [0.25, 0.3) is 0 Å². The second kappa shape index (κ2) is 4.65. The molecule has 0 aliphatic carbocycles. The van der Waals surface area contributed by atoms with Gasteiger partial charge in [0.2, 0.25) is 0 Å². The van der Waals surface area contributed by atoms with E-state index in [1.54, 1.807) is 6.20 Å². The molecule has 2 heterocycles. The highest BCUT2D eigenvalue weighted by Crippen LogP contribution is 2.06. The molecule has 1 aromatic heterocycles. The summed E-state index contributed by atoms with van der Waals surface area (Å²) in [7, 11) is 0. The number of aromatic nitrogens is 1. The Morgan fingerprint density at radius 1 is 1.12 bits per heavy atom. The van der Waals surface area contributed by atoms with Crippen molar-refractivity contribution in [2.45, 2.75) is 26.3 Å². The van der Waals surface area contributed by atoms with Crippen molar-refractivity contribution < 1.29 is 0 Å². The van der Waals surface area contributed by atoms with E-state index in [1.165, 1.54) is 0 Å². The second-order valence-electron chi connectivity index (χ2n) is 5.05. The van der Waals surface area contributed by atoms with Crippen LogP contribution >= 0.6 is 0 Å². The molecule has 0 fully saturated rings. The zero-order chi connectivity index (χ0) is 12.3. The van der Waals surface area contributed by atoms with Gasteiger partial charge in [0.25, 0.3) is 0 Å². The average molecular weight is 230 g/mol. The van der Waals surface area contributed by atoms with Gasteiger partial charge in [0.05, 0.1) is 18.8 Å². The van der Waals surface area contributed by atoms with Crippen LogP contribution in [0.15, 0.2) is 34.4 Å². The summed E-state index contributed by atoms with van der Waals surface area (Å²) in [5, 5.41) is 3.39. The molecule has 0 atom stereocenters. The van der Waals surface area contributed by atoms with Crippen LogP contribution in [0.4, 0.5) is 0 Å². The first kappa shape index (κ1) is 11.8. The molecule has 0 saturated heterocycles. The summed E-state index contributed by atoms with van der Waals surface area (Å²) in [6.45, 7) is 7.82. The predicted octanol–water partition coefficient (Wildman–Crippen LogP) is 1.67. The maximum atomic E-state index is 4.53. The van der Waals surface area contributed by atoms with Gasteiger partial charge in [0.15, 0.2) is 0 Å². The zero-order valence-electron chi connectivity index (χ0n) is 10.6. The van der Waals surface area contributed by atoms with Crippen molar-refractivity contribution in [2.75, 3.05) is 13.1 Å². The highest BCUT2D eigenvalue weighted by atomic mass is 15.1. The molecule has 0 unspecified atom stereocenters. The molecule has 1 aromatic rings. The fraction of sp³-hybridized carbons (Fsp3) is 0.462. The summed E-state index contributed by atoms with van der Waals surface area (Å²) in [5.74, 6) is 0.849.